The lowest BCUT2D eigenvalue weighted by Gasteiger charge is -2.33. The zero-order chi connectivity index (χ0) is 16.9. The molecule has 0 spiro atoms. The predicted octanol–water partition coefficient (Wildman–Crippen LogP) is 3.12. The second kappa shape index (κ2) is 5.60. The van der Waals surface area contributed by atoms with Crippen LogP contribution in [-0.4, -0.2) is 42.4 Å². The number of halogens is 1. The molecule has 24 heavy (non-hydrogen) atoms. The van der Waals surface area contributed by atoms with Crippen LogP contribution >= 0.6 is 11.6 Å². The molecule has 5 nitrogen and oxygen atoms in total. The van der Waals surface area contributed by atoms with Gasteiger partial charge in [-0.15, -0.1) is 0 Å². The maximum atomic E-state index is 12.0. The average molecular weight is 347 g/mol. The van der Waals surface area contributed by atoms with Crippen molar-refractivity contribution in [2.24, 2.45) is 11.3 Å². The number of aromatic nitrogens is 1. The van der Waals surface area contributed by atoms with Gasteiger partial charge in [0.25, 0.3) is 0 Å². The van der Waals surface area contributed by atoms with Gasteiger partial charge in [0.05, 0.1) is 12.1 Å². The summed E-state index contributed by atoms with van der Waals surface area (Å²) in [5.41, 5.74) is 2.11. The molecule has 2 aliphatic heterocycles. The summed E-state index contributed by atoms with van der Waals surface area (Å²) < 4.78 is 5.52. The van der Waals surface area contributed by atoms with Crippen LogP contribution in [0.2, 0.25) is 5.02 Å². The molecule has 126 valence electrons. The fraction of sp³-hybridized carbons (Fsp3) is 0.444. The molecule has 0 bridgehead atoms. The van der Waals surface area contributed by atoms with Gasteiger partial charge in [0.2, 0.25) is 0 Å². The summed E-state index contributed by atoms with van der Waals surface area (Å²) in [6.45, 7) is 4.08. The van der Waals surface area contributed by atoms with E-state index in [1.165, 1.54) is 0 Å². The molecular weight excluding hydrogens is 328 g/mol. The first-order valence-electron chi connectivity index (χ1n) is 8.12. The first-order chi connectivity index (χ1) is 11.5. The molecular formula is C18H19ClN2O3. The van der Waals surface area contributed by atoms with Crippen molar-refractivity contribution < 1.29 is 14.6 Å². The highest BCUT2D eigenvalue weighted by atomic mass is 35.5. The van der Waals surface area contributed by atoms with Gasteiger partial charge in [0.1, 0.15) is 5.41 Å². The molecule has 1 N–H and O–H groups in total. The number of pyridine rings is 1. The van der Waals surface area contributed by atoms with Gasteiger partial charge < -0.3 is 14.7 Å². The van der Waals surface area contributed by atoms with Crippen molar-refractivity contribution in [3.05, 3.63) is 35.0 Å². The number of ether oxygens (including phenoxy) is 1. The van der Waals surface area contributed by atoms with Crippen molar-refractivity contribution in [3.8, 4) is 0 Å². The van der Waals surface area contributed by atoms with Gasteiger partial charge in [-0.25, -0.2) is 0 Å². The average Bonchev–Trinajstić information content (AvgIpc) is 2.95. The number of aryl methyl sites for hydroxylation is 1. The molecule has 3 heterocycles. The molecule has 2 saturated heterocycles. The summed E-state index contributed by atoms with van der Waals surface area (Å²) in [5, 5.41) is 11.5. The van der Waals surface area contributed by atoms with Crippen LogP contribution in [0.4, 0.5) is 5.69 Å². The molecule has 2 aliphatic rings. The van der Waals surface area contributed by atoms with Gasteiger partial charge in [-0.2, -0.15) is 0 Å². The molecule has 4 rings (SSSR count). The summed E-state index contributed by atoms with van der Waals surface area (Å²) in [4.78, 5) is 18.6. The first kappa shape index (κ1) is 15.7. The van der Waals surface area contributed by atoms with E-state index in [1.807, 2.05) is 25.1 Å². The van der Waals surface area contributed by atoms with E-state index in [0.717, 1.165) is 35.1 Å². The summed E-state index contributed by atoms with van der Waals surface area (Å²) >= 11 is 6.24. The van der Waals surface area contributed by atoms with E-state index >= 15 is 0 Å². The van der Waals surface area contributed by atoms with Crippen LogP contribution in [0.25, 0.3) is 10.9 Å². The number of carbonyl (C=O) groups is 1. The number of anilines is 1. The molecule has 2 fully saturated rings. The fourth-order valence-electron chi connectivity index (χ4n) is 4.12. The van der Waals surface area contributed by atoms with Crippen molar-refractivity contribution >= 4 is 34.2 Å². The Hall–Kier alpha value is -1.85. The molecule has 6 heteroatoms. The third-order valence-electron chi connectivity index (χ3n) is 5.41. The number of benzene rings is 1. The standard InChI is InChI=1S/C18H19ClN2O3/c1-11-6-13(19)7-14-15(2-4-20-16(11)14)21-8-12-3-5-24-10-18(12,9-21)17(22)23/h2,4,6-7,12H,3,5,8-10H2,1H3,(H,22,23)/t12-,18+/m0/s1. The quantitative estimate of drug-likeness (QED) is 0.905. The minimum atomic E-state index is -0.818. The smallest absolute Gasteiger partial charge is 0.314 e. The third-order valence-corrected chi connectivity index (χ3v) is 5.63. The van der Waals surface area contributed by atoms with Crippen molar-refractivity contribution in [2.75, 3.05) is 31.2 Å². The van der Waals surface area contributed by atoms with Gasteiger partial charge in [-0.1, -0.05) is 11.6 Å². The summed E-state index contributed by atoms with van der Waals surface area (Å²) in [5.74, 6) is -0.658. The molecule has 0 unspecified atom stereocenters. The van der Waals surface area contributed by atoms with Crippen LogP contribution in [0.5, 0.6) is 0 Å². The fourth-order valence-corrected chi connectivity index (χ4v) is 4.40. The van der Waals surface area contributed by atoms with Gasteiger partial charge in [0.15, 0.2) is 0 Å². The number of fused-ring (bicyclic) bond motifs is 2. The highest BCUT2D eigenvalue weighted by Crippen LogP contribution is 2.44. The Balaban J connectivity index is 1.80. The lowest BCUT2D eigenvalue weighted by molar-refractivity contribution is -0.159. The lowest BCUT2D eigenvalue weighted by Crippen LogP contribution is -2.46. The number of hydrogen-bond donors (Lipinski definition) is 1. The van der Waals surface area contributed by atoms with Crippen LogP contribution in [-0.2, 0) is 9.53 Å². The molecule has 0 saturated carbocycles. The highest BCUT2D eigenvalue weighted by molar-refractivity contribution is 6.31. The Kier molecular flexibility index (Phi) is 3.66. The number of carboxylic acids is 1. The normalized spacial score (nSPS) is 26.6. The number of carboxylic acid groups (broad SMARTS) is 1. The molecule has 1 aromatic carbocycles. The van der Waals surface area contributed by atoms with Crippen molar-refractivity contribution in [1.29, 1.82) is 0 Å². The topological polar surface area (TPSA) is 62.7 Å². The first-order valence-corrected chi connectivity index (χ1v) is 8.50. The molecule has 0 amide bonds. The molecule has 2 atom stereocenters. The molecule has 0 aliphatic carbocycles. The Bertz CT molecular complexity index is 825. The van der Waals surface area contributed by atoms with Crippen LogP contribution < -0.4 is 4.90 Å². The monoisotopic (exact) mass is 346 g/mol. The van der Waals surface area contributed by atoms with Gasteiger partial charge in [0, 0.05) is 42.0 Å². The van der Waals surface area contributed by atoms with E-state index in [9.17, 15) is 9.90 Å². The third kappa shape index (κ3) is 2.26. The maximum absolute atomic E-state index is 12.0. The minimum absolute atomic E-state index is 0.104. The highest BCUT2D eigenvalue weighted by Gasteiger charge is 2.54. The summed E-state index contributed by atoms with van der Waals surface area (Å²) in [7, 11) is 0. The number of rotatable bonds is 2. The van der Waals surface area contributed by atoms with Crippen molar-refractivity contribution in [2.45, 2.75) is 13.3 Å². The Morgan fingerprint density at radius 3 is 3.08 bits per heavy atom. The Morgan fingerprint density at radius 2 is 2.33 bits per heavy atom. The van der Waals surface area contributed by atoms with Crippen molar-refractivity contribution in [1.82, 2.24) is 4.98 Å². The number of nitrogens with zero attached hydrogens (tertiary/aromatic N) is 2. The lowest BCUT2D eigenvalue weighted by atomic mass is 9.76. The van der Waals surface area contributed by atoms with Gasteiger partial charge in [-0.3, -0.25) is 9.78 Å². The molecule has 2 aromatic rings. The second-order valence-electron chi connectivity index (χ2n) is 6.83. The van der Waals surface area contributed by atoms with Crippen LogP contribution in [0.15, 0.2) is 24.4 Å². The van der Waals surface area contributed by atoms with E-state index in [1.54, 1.807) is 6.20 Å². The zero-order valence-corrected chi connectivity index (χ0v) is 14.2. The summed E-state index contributed by atoms with van der Waals surface area (Å²) in [6, 6.07) is 5.76. The van der Waals surface area contributed by atoms with E-state index in [-0.39, 0.29) is 12.5 Å². The van der Waals surface area contributed by atoms with E-state index < -0.39 is 11.4 Å². The van der Waals surface area contributed by atoms with E-state index in [2.05, 4.69) is 9.88 Å². The van der Waals surface area contributed by atoms with Gasteiger partial charge >= 0.3 is 5.97 Å². The number of hydrogen-bond acceptors (Lipinski definition) is 4. The molecule has 1 aromatic heterocycles. The number of aliphatic carboxylic acids is 1. The second-order valence-corrected chi connectivity index (χ2v) is 7.27. The van der Waals surface area contributed by atoms with Gasteiger partial charge in [-0.05, 0) is 43.0 Å². The maximum Gasteiger partial charge on any atom is 0.314 e. The van der Waals surface area contributed by atoms with Crippen LogP contribution in [0.1, 0.15) is 12.0 Å². The zero-order valence-electron chi connectivity index (χ0n) is 13.5. The Labute approximate surface area is 145 Å². The van der Waals surface area contributed by atoms with E-state index in [0.29, 0.717) is 18.2 Å². The van der Waals surface area contributed by atoms with Crippen molar-refractivity contribution in [3.63, 3.8) is 0 Å². The Morgan fingerprint density at radius 1 is 1.50 bits per heavy atom. The largest absolute Gasteiger partial charge is 0.481 e. The predicted molar refractivity (Wildman–Crippen MR) is 92.7 cm³/mol. The molecule has 0 radical (unpaired) electrons. The SMILES string of the molecule is Cc1cc(Cl)cc2c(N3C[C@@H]4CCOC[C@]4(C(=O)O)C3)ccnc12. The van der Waals surface area contributed by atoms with Crippen LogP contribution in [0.3, 0.4) is 0 Å². The van der Waals surface area contributed by atoms with E-state index in [4.69, 9.17) is 16.3 Å². The summed E-state index contributed by atoms with van der Waals surface area (Å²) in [6.07, 6.45) is 2.57. The van der Waals surface area contributed by atoms with Crippen LogP contribution in [0, 0.1) is 18.3 Å². The minimum Gasteiger partial charge on any atom is -0.481 e.